The van der Waals surface area contributed by atoms with Crippen molar-refractivity contribution in [2.75, 3.05) is 14.2 Å². The van der Waals surface area contributed by atoms with Gasteiger partial charge < -0.3 is 14.0 Å². The predicted molar refractivity (Wildman–Crippen MR) is 126 cm³/mol. The predicted octanol–water partition coefficient (Wildman–Crippen LogP) is 6.42. The molecule has 0 radical (unpaired) electrons. The Balaban J connectivity index is 1.68. The summed E-state index contributed by atoms with van der Waals surface area (Å²) in [6, 6.07) is 20.0. The van der Waals surface area contributed by atoms with E-state index >= 15 is 0 Å². The molecule has 154 valence electrons. The Labute approximate surface area is 188 Å². The molecule has 0 N–H and O–H groups in total. The van der Waals surface area contributed by atoms with Gasteiger partial charge in [-0.1, -0.05) is 23.7 Å². The highest BCUT2D eigenvalue weighted by Gasteiger charge is 2.11. The zero-order valence-corrected chi connectivity index (χ0v) is 19.1. The monoisotopic (exact) mass is 456 g/mol. The van der Waals surface area contributed by atoms with Crippen molar-refractivity contribution in [1.29, 1.82) is 0 Å². The van der Waals surface area contributed by atoms with Gasteiger partial charge in [-0.15, -0.1) is 22.7 Å². The van der Waals surface area contributed by atoms with Gasteiger partial charge in [-0.2, -0.15) is 0 Å². The van der Waals surface area contributed by atoms with Gasteiger partial charge >= 0.3 is 0 Å². The van der Waals surface area contributed by atoms with Crippen LogP contribution in [0.1, 0.15) is 5.56 Å². The van der Waals surface area contributed by atoms with E-state index in [4.69, 9.17) is 26.1 Å². The molecule has 0 bridgehead atoms. The molecule has 0 aliphatic rings. The maximum absolute atomic E-state index is 6.19. The fourth-order valence-electron chi connectivity index (χ4n) is 3.08. The highest BCUT2D eigenvalue weighted by Crippen LogP contribution is 2.31. The molecule has 0 spiro atoms. The fraction of sp³-hybridized carbons (Fsp3) is 0.174. The average molecular weight is 457 g/mol. The Hall–Kier alpha value is -2.54. The molecule has 4 nitrogen and oxygen atoms in total. The van der Waals surface area contributed by atoms with Crippen LogP contribution < -0.4 is 14.3 Å². The van der Waals surface area contributed by atoms with Gasteiger partial charge in [0.05, 0.1) is 34.8 Å². The molecule has 4 aromatic rings. The third kappa shape index (κ3) is 4.78. The van der Waals surface area contributed by atoms with E-state index in [-0.39, 0.29) is 0 Å². The third-order valence-electron chi connectivity index (χ3n) is 4.70. The number of hydrogen-bond donors (Lipinski definition) is 0. The number of thiazole rings is 1. The summed E-state index contributed by atoms with van der Waals surface area (Å²) in [4.78, 5) is 6.98. The molecule has 2 aromatic heterocycles. The maximum Gasteiger partial charge on any atom is 0.190 e. The molecule has 0 unspecified atom stereocenters. The molecular formula is C23H21ClN2O2S2. The highest BCUT2D eigenvalue weighted by atomic mass is 35.5. The van der Waals surface area contributed by atoms with Gasteiger partial charge in [0.1, 0.15) is 11.5 Å². The number of aromatic nitrogens is 1. The molecule has 2 aromatic carbocycles. The lowest BCUT2D eigenvalue weighted by Gasteiger charge is -2.09. The third-order valence-corrected chi connectivity index (χ3v) is 6.82. The molecule has 0 aliphatic carbocycles. The molecule has 2 heterocycles. The van der Waals surface area contributed by atoms with Gasteiger partial charge in [0.25, 0.3) is 0 Å². The van der Waals surface area contributed by atoms with Crippen molar-refractivity contribution < 1.29 is 9.47 Å². The number of thiophene rings is 1. The van der Waals surface area contributed by atoms with Crippen molar-refractivity contribution in [2.24, 2.45) is 4.99 Å². The first-order chi connectivity index (χ1) is 14.7. The highest BCUT2D eigenvalue weighted by molar-refractivity contribution is 7.19. The van der Waals surface area contributed by atoms with Crippen molar-refractivity contribution >= 4 is 40.0 Å². The van der Waals surface area contributed by atoms with E-state index in [2.05, 4.69) is 28.1 Å². The second kappa shape index (κ2) is 9.51. The van der Waals surface area contributed by atoms with Crippen molar-refractivity contribution in [1.82, 2.24) is 4.57 Å². The Morgan fingerprint density at radius 2 is 1.57 bits per heavy atom. The minimum absolute atomic E-state index is 0.784. The summed E-state index contributed by atoms with van der Waals surface area (Å²) in [5.41, 5.74) is 3.28. The second-order valence-electron chi connectivity index (χ2n) is 6.57. The number of methoxy groups -OCH3 is 2. The number of benzene rings is 2. The van der Waals surface area contributed by atoms with Crippen LogP contribution in [0, 0.1) is 0 Å². The molecular weight excluding hydrogens is 436 g/mol. The van der Waals surface area contributed by atoms with Crippen LogP contribution in [0.15, 0.2) is 71.0 Å². The van der Waals surface area contributed by atoms with E-state index in [1.165, 1.54) is 5.56 Å². The first kappa shape index (κ1) is 20.7. The molecule has 7 heteroatoms. The first-order valence-corrected chi connectivity index (χ1v) is 11.5. The van der Waals surface area contributed by atoms with Crippen LogP contribution in [-0.4, -0.2) is 18.8 Å². The summed E-state index contributed by atoms with van der Waals surface area (Å²) >= 11 is 9.41. The Morgan fingerprint density at radius 3 is 2.17 bits per heavy atom. The molecule has 0 saturated heterocycles. The van der Waals surface area contributed by atoms with Gasteiger partial charge in [-0.05, 0) is 60.5 Å². The molecule has 0 amide bonds. The zero-order chi connectivity index (χ0) is 20.9. The van der Waals surface area contributed by atoms with Crippen molar-refractivity contribution in [2.45, 2.75) is 13.0 Å². The van der Waals surface area contributed by atoms with E-state index in [1.807, 2.05) is 42.5 Å². The maximum atomic E-state index is 6.19. The van der Waals surface area contributed by atoms with E-state index < -0.39 is 0 Å². The van der Waals surface area contributed by atoms with Crippen LogP contribution in [0.25, 0.3) is 10.6 Å². The van der Waals surface area contributed by atoms with Crippen molar-refractivity contribution in [3.05, 3.63) is 80.7 Å². The lowest BCUT2D eigenvalue weighted by Crippen LogP contribution is -2.17. The minimum Gasteiger partial charge on any atom is -0.497 e. The fourth-order valence-corrected chi connectivity index (χ4v) is 5.17. The number of aryl methyl sites for hydroxylation is 1. The van der Waals surface area contributed by atoms with Crippen molar-refractivity contribution in [3.63, 3.8) is 0 Å². The topological polar surface area (TPSA) is 35.8 Å². The van der Waals surface area contributed by atoms with Gasteiger partial charge in [0, 0.05) is 11.9 Å². The largest absolute Gasteiger partial charge is 0.497 e. The average Bonchev–Trinajstić information content (AvgIpc) is 3.39. The number of halogens is 1. The molecule has 0 fully saturated rings. The standard InChI is InChI=1S/C23H21ClN2O2S2/c1-27-18-7-3-16(4-8-18)13-14-26-20(21-11-12-22(24)30-21)15-29-23(26)25-17-5-9-19(28-2)10-6-17/h3-12,15H,13-14H2,1-2H3. The van der Waals surface area contributed by atoms with E-state index in [1.54, 1.807) is 36.9 Å². The number of hydrogen-bond acceptors (Lipinski definition) is 5. The van der Waals surface area contributed by atoms with E-state index in [9.17, 15) is 0 Å². The quantitative estimate of drug-likeness (QED) is 0.321. The lowest BCUT2D eigenvalue weighted by atomic mass is 10.1. The first-order valence-electron chi connectivity index (χ1n) is 9.42. The summed E-state index contributed by atoms with van der Waals surface area (Å²) in [6.45, 7) is 0.815. The van der Waals surface area contributed by atoms with Crippen LogP contribution in [-0.2, 0) is 13.0 Å². The lowest BCUT2D eigenvalue weighted by molar-refractivity contribution is 0.414. The van der Waals surface area contributed by atoms with Crippen LogP contribution in [0.4, 0.5) is 5.69 Å². The van der Waals surface area contributed by atoms with Crippen LogP contribution in [0.3, 0.4) is 0 Å². The Kier molecular flexibility index (Phi) is 6.57. The second-order valence-corrected chi connectivity index (χ2v) is 9.12. The van der Waals surface area contributed by atoms with Gasteiger partial charge in [0.2, 0.25) is 0 Å². The summed E-state index contributed by atoms with van der Waals surface area (Å²) in [5, 5.41) is 2.15. The smallest absolute Gasteiger partial charge is 0.190 e. The molecule has 4 rings (SSSR count). The van der Waals surface area contributed by atoms with Crippen LogP contribution in [0.2, 0.25) is 4.34 Å². The zero-order valence-electron chi connectivity index (χ0n) is 16.7. The minimum atomic E-state index is 0.784. The SMILES string of the molecule is COc1ccc(CCn2c(-c3ccc(Cl)s3)csc2=Nc2ccc(OC)cc2)cc1. The summed E-state index contributed by atoms with van der Waals surface area (Å²) < 4.78 is 13.6. The van der Waals surface area contributed by atoms with Crippen LogP contribution >= 0.6 is 34.3 Å². The van der Waals surface area contributed by atoms with Gasteiger partial charge in [-0.25, -0.2) is 4.99 Å². The normalized spacial score (nSPS) is 11.6. The summed E-state index contributed by atoms with van der Waals surface area (Å²) in [7, 11) is 3.35. The summed E-state index contributed by atoms with van der Waals surface area (Å²) in [6.07, 6.45) is 0.892. The molecule has 0 aliphatic heterocycles. The van der Waals surface area contributed by atoms with Crippen LogP contribution in [0.5, 0.6) is 11.5 Å². The Bertz CT molecular complexity index is 1180. The molecule has 0 atom stereocenters. The molecule has 30 heavy (non-hydrogen) atoms. The molecule has 0 saturated carbocycles. The number of rotatable bonds is 7. The van der Waals surface area contributed by atoms with E-state index in [0.29, 0.717) is 0 Å². The van der Waals surface area contributed by atoms with E-state index in [0.717, 1.165) is 49.9 Å². The van der Waals surface area contributed by atoms with Crippen molar-refractivity contribution in [3.8, 4) is 22.1 Å². The summed E-state index contributed by atoms with van der Waals surface area (Å²) in [5.74, 6) is 1.69. The van der Waals surface area contributed by atoms with Gasteiger partial charge in [0.15, 0.2) is 4.80 Å². The number of nitrogens with zero attached hydrogens (tertiary/aromatic N) is 2. The van der Waals surface area contributed by atoms with Gasteiger partial charge in [-0.3, -0.25) is 0 Å². The number of ether oxygens (including phenoxy) is 2. The Morgan fingerprint density at radius 1 is 0.900 bits per heavy atom.